The van der Waals surface area contributed by atoms with E-state index in [0.29, 0.717) is 104 Å². The number of pyridine rings is 3. The number of fused-ring (bicyclic) bond motifs is 3. The standard InChI is InChI=1S/C21H25N5O3.2C20H24N6O3/c1-4-14-11-18(24-16-6-5-9-22-20(16)29-3)25-19-15(12-23-26(14)19)17(27)10-13-7-8-21(13,2)28;2*1-20(28)7-6-12(20)9-15(27)13-11-23-26-17(21-2)10-16(25-18(13)26)24-14-5-4-8-22-19(14)29-3/h5-6,9,11-13,28H,4,7-8,10H2,1-3H3,(H,24,25);2*4-5,8,10-12,21,28H,6-7,9H2,1-3H3,(H,24,25)/t13-,21-;2*12-,20-/m011/s1. The van der Waals surface area contributed by atoms with Gasteiger partial charge in [0.2, 0.25) is 17.6 Å². The van der Waals surface area contributed by atoms with Crippen molar-refractivity contribution in [1.82, 2.24) is 58.7 Å². The van der Waals surface area contributed by atoms with Gasteiger partial charge in [-0.1, -0.05) is 6.92 Å². The Bertz CT molecular complexity index is 3590. The molecule has 456 valence electrons. The second kappa shape index (κ2) is 25.3. The molecule has 6 atom stereocenters. The molecular formula is C61H73N17O9. The summed E-state index contributed by atoms with van der Waals surface area (Å²) in [5.41, 5.74) is 3.39. The van der Waals surface area contributed by atoms with E-state index < -0.39 is 16.8 Å². The Morgan fingerprint density at radius 3 is 1.14 bits per heavy atom. The number of hydrogen-bond donors (Lipinski definition) is 8. The van der Waals surface area contributed by atoms with Gasteiger partial charge in [-0.3, -0.25) is 14.4 Å². The van der Waals surface area contributed by atoms with Crippen molar-refractivity contribution in [3.8, 4) is 17.6 Å². The molecule has 3 aliphatic rings. The summed E-state index contributed by atoms with van der Waals surface area (Å²) in [4.78, 5) is 65.1. The molecule has 12 rings (SSSR count). The van der Waals surface area contributed by atoms with Crippen LogP contribution in [-0.2, 0) is 6.42 Å². The number of aromatic nitrogens is 12. The minimum atomic E-state index is -0.772. The average molecular weight is 1190 g/mol. The first-order valence-electron chi connectivity index (χ1n) is 28.8. The fourth-order valence-corrected chi connectivity index (χ4v) is 11.0. The zero-order valence-corrected chi connectivity index (χ0v) is 50.1. The number of hydrogen-bond acceptors (Lipinski definition) is 23. The molecule has 0 unspecified atom stereocenters. The lowest BCUT2D eigenvalue weighted by molar-refractivity contribution is -0.0775. The molecule has 0 bridgehead atoms. The molecule has 26 heteroatoms. The third-order valence-corrected chi connectivity index (χ3v) is 16.9. The van der Waals surface area contributed by atoms with Crippen molar-refractivity contribution >= 4 is 80.4 Å². The molecule has 26 nitrogen and oxygen atoms in total. The van der Waals surface area contributed by atoms with E-state index >= 15 is 0 Å². The van der Waals surface area contributed by atoms with E-state index in [-0.39, 0.29) is 47.9 Å². The molecule has 9 aromatic rings. The minimum absolute atomic E-state index is 0.0171. The number of carbonyl (C=O) groups is 3. The number of ether oxygens (including phenoxy) is 3. The number of Topliss-reactive ketones (excluding diaryl/α,β-unsaturated/α-hetero) is 3. The number of ketones is 3. The average Bonchev–Trinajstić information content (AvgIpc) is 3.66. The molecule has 87 heavy (non-hydrogen) atoms. The third-order valence-electron chi connectivity index (χ3n) is 16.9. The van der Waals surface area contributed by atoms with Crippen LogP contribution < -0.4 is 40.8 Å². The highest BCUT2D eigenvalue weighted by atomic mass is 16.5. The molecule has 8 N–H and O–H groups in total. The van der Waals surface area contributed by atoms with Gasteiger partial charge in [0.25, 0.3) is 0 Å². The van der Waals surface area contributed by atoms with Gasteiger partial charge in [-0.05, 0) is 120 Å². The molecule has 9 heterocycles. The number of anilines is 8. The Hall–Kier alpha value is -9.40. The van der Waals surface area contributed by atoms with Crippen LogP contribution in [0.3, 0.4) is 0 Å². The van der Waals surface area contributed by atoms with Crippen molar-refractivity contribution in [1.29, 1.82) is 0 Å². The first-order valence-corrected chi connectivity index (χ1v) is 28.8. The summed E-state index contributed by atoms with van der Waals surface area (Å²) in [5.74, 6) is 4.06. The lowest BCUT2D eigenvalue weighted by Gasteiger charge is -2.42. The van der Waals surface area contributed by atoms with Crippen molar-refractivity contribution in [2.45, 2.75) is 109 Å². The van der Waals surface area contributed by atoms with Crippen LogP contribution in [-0.4, -0.2) is 144 Å². The maximum atomic E-state index is 12.9. The summed E-state index contributed by atoms with van der Waals surface area (Å²) in [7, 11) is 8.21. The first kappa shape index (κ1) is 60.7. The summed E-state index contributed by atoms with van der Waals surface area (Å²) in [6, 6.07) is 16.4. The van der Waals surface area contributed by atoms with E-state index in [1.54, 1.807) is 119 Å². The number of methoxy groups -OCH3 is 3. The number of nitrogens with zero attached hydrogens (tertiary/aromatic N) is 12. The molecule has 3 aliphatic carbocycles. The SMILES string of the molecule is CCc1cc(Nc2cccnc2OC)nc2c(C(=O)C[C@@H]3CC[C@]3(C)O)cnn12.CNc1cc(Nc2cccnc2OC)nc2c(C(=O)C[C@H]3CC[C@@]3(C)O)cnn12.CNc1cc(Nc2cccnc2OC)nc2c(C(=O)C[C@H]3CC[C@@]3(C)O)cnn12. The quantitative estimate of drug-likeness (QED) is 0.0313. The van der Waals surface area contributed by atoms with E-state index in [1.165, 1.54) is 12.4 Å². The number of aliphatic hydroxyl groups is 3. The van der Waals surface area contributed by atoms with Crippen molar-refractivity contribution in [3.63, 3.8) is 0 Å². The van der Waals surface area contributed by atoms with Crippen molar-refractivity contribution in [2.24, 2.45) is 17.8 Å². The normalized spacial score (nSPS) is 20.9. The molecule has 0 radical (unpaired) electrons. The monoisotopic (exact) mass is 1190 g/mol. The van der Waals surface area contributed by atoms with Crippen LogP contribution in [0.5, 0.6) is 17.6 Å². The molecule has 3 fully saturated rings. The smallest absolute Gasteiger partial charge is 0.237 e. The van der Waals surface area contributed by atoms with Crippen LogP contribution in [0.4, 0.5) is 46.2 Å². The zero-order chi connectivity index (χ0) is 61.8. The molecule has 0 aromatic carbocycles. The third kappa shape index (κ3) is 12.8. The van der Waals surface area contributed by atoms with Gasteiger partial charge in [-0.15, -0.1) is 0 Å². The fourth-order valence-electron chi connectivity index (χ4n) is 11.0. The number of rotatable bonds is 21. The van der Waals surface area contributed by atoms with Crippen LogP contribution in [0.25, 0.3) is 16.9 Å². The highest BCUT2D eigenvalue weighted by Crippen LogP contribution is 2.43. The number of carbonyl (C=O) groups excluding carboxylic acids is 3. The van der Waals surface area contributed by atoms with Crippen LogP contribution in [0.1, 0.15) is 122 Å². The Balaban J connectivity index is 0.000000144. The number of aryl methyl sites for hydroxylation is 1. The van der Waals surface area contributed by atoms with Crippen molar-refractivity contribution in [2.75, 3.05) is 62.0 Å². The molecule has 9 aromatic heterocycles. The highest BCUT2D eigenvalue weighted by Gasteiger charge is 2.44. The van der Waals surface area contributed by atoms with E-state index in [9.17, 15) is 29.7 Å². The van der Waals surface area contributed by atoms with E-state index in [0.717, 1.165) is 50.6 Å². The molecule has 0 amide bonds. The Morgan fingerprint density at radius 1 is 0.529 bits per heavy atom. The van der Waals surface area contributed by atoms with Crippen molar-refractivity contribution in [3.05, 3.63) is 114 Å². The van der Waals surface area contributed by atoms with Crippen LogP contribution in [0, 0.1) is 17.8 Å². The largest absolute Gasteiger partial charge is 0.480 e. The van der Waals surface area contributed by atoms with Gasteiger partial charge in [0, 0.05) is 75.8 Å². The summed E-state index contributed by atoms with van der Waals surface area (Å²) in [6.45, 7) is 7.38. The van der Waals surface area contributed by atoms with E-state index in [4.69, 9.17) is 14.2 Å². The minimum Gasteiger partial charge on any atom is -0.480 e. The summed E-state index contributed by atoms with van der Waals surface area (Å²) in [6.07, 6.45) is 15.9. The number of nitrogens with one attached hydrogen (secondary N) is 5. The maximum absolute atomic E-state index is 12.9. The molecule has 0 spiro atoms. The Labute approximate surface area is 501 Å². The lowest BCUT2D eigenvalue weighted by atomic mass is 9.68. The highest BCUT2D eigenvalue weighted by molar-refractivity contribution is 6.03. The van der Waals surface area contributed by atoms with E-state index in [1.807, 2.05) is 37.3 Å². The molecule has 3 saturated carbocycles. The van der Waals surface area contributed by atoms with Gasteiger partial charge in [-0.2, -0.15) is 24.3 Å². The summed E-state index contributed by atoms with van der Waals surface area (Å²) < 4.78 is 20.7. The lowest BCUT2D eigenvalue weighted by Crippen LogP contribution is -2.45. The second-order valence-electron chi connectivity index (χ2n) is 22.6. The van der Waals surface area contributed by atoms with Gasteiger partial charge in [0.1, 0.15) is 46.2 Å². The van der Waals surface area contributed by atoms with Gasteiger partial charge in [-0.25, -0.2) is 34.4 Å². The summed E-state index contributed by atoms with van der Waals surface area (Å²) in [5, 5.41) is 59.5. The zero-order valence-electron chi connectivity index (χ0n) is 50.1. The molecular weight excluding hydrogens is 1110 g/mol. The van der Waals surface area contributed by atoms with Gasteiger partial charge < -0.3 is 56.1 Å². The van der Waals surface area contributed by atoms with Crippen molar-refractivity contribution < 1.29 is 43.9 Å². The van der Waals surface area contributed by atoms with Crippen LogP contribution in [0.2, 0.25) is 0 Å². The Morgan fingerprint density at radius 2 is 0.851 bits per heavy atom. The predicted octanol–water partition coefficient (Wildman–Crippen LogP) is 8.48. The predicted molar refractivity (Wildman–Crippen MR) is 327 cm³/mol. The van der Waals surface area contributed by atoms with Crippen LogP contribution >= 0.6 is 0 Å². The van der Waals surface area contributed by atoms with Gasteiger partial charge in [0.15, 0.2) is 34.3 Å². The molecule has 0 aliphatic heterocycles. The second-order valence-corrected chi connectivity index (χ2v) is 22.6. The van der Waals surface area contributed by atoms with E-state index in [2.05, 4.69) is 71.8 Å². The Kier molecular flexibility index (Phi) is 17.6. The first-order chi connectivity index (χ1) is 41.8. The topological polar surface area (TPSA) is 329 Å². The summed E-state index contributed by atoms with van der Waals surface area (Å²) >= 11 is 0. The maximum Gasteiger partial charge on any atom is 0.237 e. The van der Waals surface area contributed by atoms with Gasteiger partial charge in [0.05, 0.1) is 73.4 Å². The van der Waals surface area contributed by atoms with Gasteiger partial charge >= 0.3 is 0 Å². The molecule has 0 saturated heterocycles. The van der Waals surface area contributed by atoms with Crippen LogP contribution in [0.15, 0.2) is 91.8 Å². The fraction of sp³-hybridized carbons (Fsp3) is 0.410.